The van der Waals surface area contributed by atoms with Crippen molar-refractivity contribution >= 4 is 28.8 Å². The van der Waals surface area contributed by atoms with E-state index < -0.39 is 0 Å². The van der Waals surface area contributed by atoms with Crippen molar-refractivity contribution in [1.82, 2.24) is 0 Å². The van der Waals surface area contributed by atoms with E-state index in [9.17, 15) is 0 Å². The van der Waals surface area contributed by atoms with Gasteiger partial charge in [0.25, 0.3) is 0 Å². The molecular formula is C19H22ClNO2. The van der Waals surface area contributed by atoms with Crippen molar-refractivity contribution in [3.05, 3.63) is 65.1 Å². The van der Waals surface area contributed by atoms with Gasteiger partial charge in [-0.1, -0.05) is 30.3 Å². The molecule has 0 aromatic heterocycles. The van der Waals surface area contributed by atoms with Crippen LogP contribution < -0.4 is 5.73 Å². The van der Waals surface area contributed by atoms with Gasteiger partial charge < -0.3 is 15.2 Å². The number of nitrogens with two attached hydrogens (primary N) is 1. The minimum Gasteiger partial charge on any atom is -0.497 e. The van der Waals surface area contributed by atoms with Crippen LogP contribution in [0.2, 0.25) is 0 Å². The zero-order chi connectivity index (χ0) is 15.5. The first kappa shape index (κ1) is 17.4. The summed E-state index contributed by atoms with van der Waals surface area (Å²) in [5.41, 5.74) is 9.31. The van der Waals surface area contributed by atoms with E-state index in [2.05, 4.69) is 36.4 Å². The Morgan fingerprint density at radius 3 is 2.57 bits per heavy atom. The Hall–Kier alpha value is -1.97. The predicted octanol–water partition coefficient (Wildman–Crippen LogP) is 4.40. The van der Waals surface area contributed by atoms with Crippen LogP contribution in [0.5, 0.6) is 0 Å². The third kappa shape index (κ3) is 3.21. The Labute approximate surface area is 143 Å². The molecule has 0 heterocycles. The standard InChI is InChI=1S/C19H21NO2.ClH/c1-21-18-9-5-8-17(19(18)22-2)14-10-13-6-3-4-7-16(13)15(11-14)12-20;/h3-4,6-8,10-11H,5,9,12,20H2,1-2H3;1H. The number of benzene rings is 2. The van der Waals surface area contributed by atoms with Gasteiger partial charge >= 0.3 is 0 Å². The largest absolute Gasteiger partial charge is 0.497 e. The Kier molecular flexibility index (Phi) is 5.69. The maximum atomic E-state index is 5.95. The zero-order valence-electron chi connectivity index (χ0n) is 13.5. The molecule has 1 aliphatic rings. The smallest absolute Gasteiger partial charge is 0.163 e. The van der Waals surface area contributed by atoms with Gasteiger partial charge in [0.2, 0.25) is 0 Å². The van der Waals surface area contributed by atoms with E-state index in [1.165, 1.54) is 10.8 Å². The quantitative estimate of drug-likeness (QED) is 0.903. The molecule has 0 spiro atoms. The molecule has 0 saturated heterocycles. The number of fused-ring (bicyclic) bond motifs is 1. The van der Waals surface area contributed by atoms with Gasteiger partial charge in [-0.05, 0) is 40.5 Å². The second kappa shape index (κ2) is 7.53. The van der Waals surface area contributed by atoms with Gasteiger partial charge in [0.1, 0.15) is 5.76 Å². The van der Waals surface area contributed by atoms with Crippen LogP contribution in [-0.4, -0.2) is 14.2 Å². The van der Waals surface area contributed by atoms with Crippen molar-refractivity contribution in [2.24, 2.45) is 5.73 Å². The lowest BCUT2D eigenvalue weighted by Crippen LogP contribution is -2.06. The summed E-state index contributed by atoms with van der Waals surface area (Å²) in [6.45, 7) is 0.519. The van der Waals surface area contributed by atoms with Crippen molar-refractivity contribution in [3.8, 4) is 0 Å². The summed E-state index contributed by atoms with van der Waals surface area (Å²) in [7, 11) is 3.39. The minimum atomic E-state index is 0. The number of hydrogen-bond acceptors (Lipinski definition) is 3. The number of hydrogen-bond donors (Lipinski definition) is 1. The monoisotopic (exact) mass is 331 g/mol. The molecule has 0 saturated carbocycles. The number of halogens is 1. The lowest BCUT2D eigenvalue weighted by atomic mass is 9.92. The molecule has 2 aromatic rings. The number of rotatable bonds is 4. The fourth-order valence-electron chi connectivity index (χ4n) is 3.09. The van der Waals surface area contributed by atoms with E-state index in [-0.39, 0.29) is 12.4 Å². The van der Waals surface area contributed by atoms with Gasteiger partial charge in [-0.2, -0.15) is 0 Å². The van der Waals surface area contributed by atoms with Crippen LogP contribution >= 0.6 is 12.4 Å². The predicted molar refractivity (Wildman–Crippen MR) is 97.3 cm³/mol. The number of ether oxygens (including phenoxy) is 2. The molecule has 2 aromatic carbocycles. The van der Waals surface area contributed by atoms with E-state index in [1.54, 1.807) is 14.2 Å². The van der Waals surface area contributed by atoms with E-state index in [1.807, 2.05) is 6.07 Å². The van der Waals surface area contributed by atoms with Gasteiger partial charge in [-0.25, -0.2) is 0 Å². The molecule has 0 fully saturated rings. The van der Waals surface area contributed by atoms with Crippen molar-refractivity contribution in [2.45, 2.75) is 19.4 Å². The first-order valence-electron chi connectivity index (χ1n) is 7.52. The number of methoxy groups -OCH3 is 2. The van der Waals surface area contributed by atoms with Crippen LogP contribution in [0.3, 0.4) is 0 Å². The van der Waals surface area contributed by atoms with E-state index in [0.29, 0.717) is 6.54 Å². The molecule has 3 rings (SSSR count). The van der Waals surface area contributed by atoms with Crippen molar-refractivity contribution in [1.29, 1.82) is 0 Å². The van der Waals surface area contributed by atoms with Crippen molar-refractivity contribution in [2.75, 3.05) is 14.2 Å². The van der Waals surface area contributed by atoms with Gasteiger partial charge in [0, 0.05) is 18.5 Å². The normalized spacial score (nSPS) is 14.3. The summed E-state index contributed by atoms with van der Waals surface area (Å²) in [5, 5.41) is 2.40. The summed E-state index contributed by atoms with van der Waals surface area (Å²) in [6, 6.07) is 12.7. The van der Waals surface area contributed by atoms with Crippen LogP contribution in [0.4, 0.5) is 0 Å². The molecule has 0 amide bonds. The summed E-state index contributed by atoms with van der Waals surface area (Å²) in [6.07, 6.45) is 4.04. The third-order valence-electron chi connectivity index (χ3n) is 4.15. The molecule has 0 aliphatic heterocycles. The van der Waals surface area contributed by atoms with Gasteiger partial charge in [0.15, 0.2) is 5.76 Å². The molecule has 0 bridgehead atoms. The highest BCUT2D eigenvalue weighted by molar-refractivity contribution is 5.91. The average Bonchev–Trinajstić information content (AvgIpc) is 2.59. The highest BCUT2D eigenvalue weighted by atomic mass is 35.5. The molecule has 4 heteroatoms. The fourth-order valence-corrected chi connectivity index (χ4v) is 3.09. The van der Waals surface area contributed by atoms with Crippen LogP contribution in [0.1, 0.15) is 24.0 Å². The van der Waals surface area contributed by atoms with Crippen molar-refractivity contribution in [3.63, 3.8) is 0 Å². The lowest BCUT2D eigenvalue weighted by Gasteiger charge is -2.21. The second-order valence-electron chi connectivity index (χ2n) is 5.38. The molecule has 0 radical (unpaired) electrons. The van der Waals surface area contributed by atoms with Gasteiger partial charge in [-0.3, -0.25) is 0 Å². The maximum absolute atomic E-state index is 5.95. The number of allylic oxidation sites excluding steroid dienone is 3. The molecule has 23 heavy (non-hydrogen) atoms. The van der Waals surface area contributed by atoms with Crippen LogP contribution in [0, 0.1) is 0 Å². The van der Waals surface area contributed by atoms with E-state index in [4.69, 9.17) is 15.2 Å². The lowest BCUT2D eigenvalue weighted by molar-refractivity contribution is 0.221. The summed E-state index contributed by atoms with van der Waals surface area (Å²) in [5.74, 6) is 1.73. The molecule has 2 N–H and O–H groups in total. The van der Waals surface area contributed by atoms with E-state index >= 15 is 0 Å². The fraction of sp³-hybridized carbons (Fsp3) is 0.263. The Bertz CT molecular complexity index is 765. The Morgan fingerprint density at radius 1 is 1.09 bits per heavy atom. The molecule has 1 aliphatic carbocycles. The summed E-state index contributed by atoms with van der Waals surface area (Å²) in [4.78, 5) is 0. The minimum absolute atomic E-state index is 0. The maximum Gasteiger partial charge on any atom is 0.163 e. The first-order chi connectivity index (χ1) is 10.8. The highest BCUT2D eigenvalue weighted by Gasteiger charge is 2.20. The average molecular weight is 332 g/mol. The summed E-state index contributed by atoms with van der Waals surface area (Å²) >= 11 is 0. The van der Waals surface area contributed by atoms with Crippen LogP contribution in [0.15, 0.2) is 54.0 Å². The molecular weight excluding hydrogens is 310 g/mol. The third-order valence-corrected chi connectivity index (χ3v) is 4.15. The second-order valence-corrected chi connectivity index (χ2v) is 5.38. The Balaban J connectivity index is 0.00000192. The topological polar surface area (TPSA) is 44.5 Å². The SMILES string of the molecule is COC1=C(OC)C(c2cc(CN)c3ccccc3c2)=CCC1.Cl. The van der Waals surface area contributed by atoms with Crippen LogP contribution in [0.25, 0.3) is 16.3 Å². The van der Waals surface area contributed by atoms with Gasteiger partial charge in [0.05, 0.1) is 14.2 Å². The first-order valence-corrected chi connectivity index (χ1v) is 7.52. The van der Waals surface area contributed by atoms with E-state index in [0.717, 1.165) is 41.1 Å². The Morgan fingerprint density at radius 2 is 1.87 bits per heavy atom. The highest BCUT2D eigenvalue weighted by Crippen LogP contribution is 2.35. The van der Waals surface area contributed by atoms with Crippen molar-refractivity contribution < 1.29 is 9.47 Å². The van der Waals surface area contributed by atoms with Gasteiger partial charge in [-0.15, -0.1) is 12.4 Å². The molecule has 3 nitrogen and oxygen atoms in total. The molecule has 122 valence electrons. The molecule has 0 atom stereocenters. The van der Waals surface area contributed by atoms with Crippen LogP contribution in [-0.2, 0) is 16.0 Å². The molecule has 0 unspecified atom stereocenters. The summed E-state index contributed by atoms with van der Waals surface area (Å²) < 4.78 is 11.1. The zero-order valence-corrected chi connectivity index (χ0v) is 14.3.